The van der Waals surface area contributed by atoms with Crippen molar-refractivity contribution >= 4 is 5.82 Å². The van der Waals surface area contributed by atoms with Crippen molar-refractivity contribution in [3.63, 3.8) is 0 Å². The van der Waals surface area contributed by atoms with E-state index in [1.165, 1.54) is 0 Å². The van der Waals surface area contributed by atoms with Gasteiger partial charge in [0, 0.05) is 24.4 Å². The highest BCUT2D eigenvalue weighted by Crippen LogP contribution is 2.17. The molecule has 0 saturated heterocycles. The van der Waals surface area contributed by atoms with Gasteiger partial charge in [0.05, 0.1) is 11.9 Å². The van der Waals surface area contributed by atoms with Gasteiger partial charge in [0.1, 0.15) is 5.82 Å². The largest absolute Gasteiger partial charge is 0.382 e. The van der Waals surface area contributed by atoms with Gasteiger partial charge in [0.2, 0.25) is 0 Å². The topological polar surface area (TPSA) is 72.5 Å². The van der Waals surface area contributed by atoms with Crippen molar-refractivity contribution in [2.75, 3.05) is 5.73 Å². The molecule has 0 radical (unpaired) electrons. The maximum atomic E-state index is 5.53. The summed E-state index contributed by atoms with van der Waals surface area (Å²) < 4.78 is 1.93. The highest BCUT2D eigenvalue weighted by molar-refractivity contribution is 5.59. The Hall–Kier alpha value is -1.78. The van der Waals surface area contributed by atoms with Gasteiger partial charge < -0.3 is 5.73 Å². The molecule has 5 nitrogen and oxygen atoms in total. The number of nitrogens with one attached hydrogen (secondary N) is 1. The lowest BCUT2D eigenvalue weighted by molar-refractivity contribution is 0.483. The summed E-state index contributed by atoms with van der Waals surface area (Å²) >= 11 is 0. The Kier molecular flexibility index (Phi) is 2.45. The minimum absolute atomic E-state index is 0.501. The van der Waals surface area contributed by atoms with Crippen LogP contribution in [0.25, 0.3) is 11.3 Å². The third kappa shape index (κ3) is 2.18. The highest BCUT2D eigenvalue weighted by Gasteiger charge is 2.05. The Morgan fingerprint density at radius 3 is 2.93 bits per heavy atom. The van der Waals surface area contributed by atoms with Crippen molar-refractivity contribution in [2.24, 2.45) is 5.92 Å². The molecule has 0 aliphatic carbocycles. The molecule has 0 unspecified atom stereocenters. The zero-order valence-corrected chi connectivity index (χ0v) is 8.94. The number of aromatic amines is 1. The summed E-state index contributed by atoms with van der Waals surface area (Å²) in [5.41, 5.74) is 7.45. The van der Waals surface area contributed by atoms with Gasteiger partial charge in [-0.15, -0.1) is 0 Å². The number of nitrogens with zero attached hydrogens (tertiary/aromatic N) is 3. The average Bonchev–Trinajstić information content (AvgIpc) is 2.72. The number of hydrogen-bond acceptors (Lipinski definition) is 3. The predicted molar refractivity (Wildman–Crippen MR) is 59.1 cm³/mol. The Balaban J connectivity index is 2.20. The Morgan fingerprint density at radius 2 is 2.33 bits per heavy atom. The fourth-order valence-corrected chi connectivity index (χ4v) is 1.46. The molecule has 0 fully saturated rings. The number of rotatable bonds is 3. The van der Waals surface area contributed by atoms with E-state index in [4.69, 9.17) is 5.73 Å². The maximum absolute atomic E-state index is 5.53. The summed E-state index contributed by atoms with van der Waals surface area (Å²) in [5, 5.41) is 11.0. The molecule has 2 aromatic rings. The minimum Gasteiger partial charge on any atom is -0.382 e. The molecule has 0 aliphatic rings. The van der Waals surface area contributed by atoms with Gasteiger partial charge in [-0.05, 0) is 5.92 Å². The zero-order valence-electron chi connectivity index (χ0n) is 8.94. The van der Waals surface area contributed by atoms with E-state index in [0.29, 0.717) is 11.7 Å². The SMILES string of the molecule is CC(C)Cn1cc(-c2cc(N)n[nH]2)cn1. The Labute approximate surface area is 88.3 Å². The molecule has 0 atom stereocenters. The quantitative estimate of drug-likeness (QED) is 0.797. The van der Waals surface area contributed by atoms with Gasteiger partial charge >= 0.3 is 0 Å². The molecule has 0 saturated carbocycles. The van der Waals surface area contributed by atoms with Gasteiger partial charge in [-0.1, -0.05) is 13.8 Å². The number of nitrogen functional groups attached to an aromatic ring is 1. The fourth-order valence-electron chi connectivity index (χ4n) is 1.46. The van der Waals surface area contributed by atoms with E-state index in [2.05, 4.69) is 29.1 Å². The monoisotopic (exact) mass is 205 g/mol. The van der Waals surface area contributed by atoms with Crippen LogP contribution in [0.1, 0.15) is 13.8 Å². The second kappa shape index (κ2) is 3.76. The number of anilines is 1. The molecule has 0 amide bonds. The summed E-state index contributed by atoms with van der Waals surface area (Å²) in [6.07, 6.45) is 3.81. The van der Waals surface area contributed by atoms with E-state index in [0.717, 1.165) is 17.8 Å². The van der Waals surface area contributed by atoms with Crippen LogP contribution in [0, 0.1) is 5.92 Å². The van der Waals surface area contributed by atoms with Crippen molar-refractivity contribution in [2.45, 2.75) is 20.4 Å². The third-order valence-corrected chi connectivity index (χ3v) is 2.09. The molecule has 0 bridgehead atoms. The van der Waals surface area contributed by atoms with Gasteiger partial charge in [0.15, 0.2) is 0 Å². The maximum Gasteiger partial charge on any atom is 0.145 e. The number of nitrogens with two attached hydrogens (primary N) is 1. The van der Waals surface area contributed by atoms with Crippen LogP contribution < -0.4 is 5.73 Å². The Bertz CT molecular complexity index is 440. The molecule has 2 heterocycles. The molecule has 0 aliphatic heterocycles. The molecule has 80 valence electrons. The molecular weight excluding hydrogens is 190 g/mol. The van der Waals surface area contributed by atoms with E-state index in [9.17, 15) is 0 Å². The highest BCUT2D eigenvalue weighted by atomic mass is 15.3. The van der Waals surface area contributed by atoms with Crippen LogP contribution in [0.2, 0.25) is 0 Å². The number of hydrogen-bond donors (Lipinski definition) is 2. The second-order valence-electron chi connectivity index (χ2n) is 4.05. The summed E-state index contributed by atoms with van der Waals surface area (Å²) in [6, 6.07) is 1.80. The Morgan fingerprint density at radius 1 is 1.53 bits per heavy atom. The first-order valence-corrected chi connectivity index (χ1v) is 4.99. The van der Waals surface area contributed by atoms with E-state index in [-0.39, 0.29) is 0 Å². The van der Waals surface area contributed by atoms with Crippen LogP contribution in [0.15, 0.2) is 18.5 Å². The van der Waals surface area contributed by atoms with Crippen LogP contribution >= 0.6 is 0 Å². The molecular formula is C10H15N5. The van der Waals surface area contributed by atoms with E-state index < -0.39 is 0 Å². The van der Waals surface area contributed by atoms with Crippen LogP contribution in [-0.2, 0) is 6.54 Å². The third-order valence-electron chi connectivity index (χ3n) is 2.09. The summed E-state index contributed by atoms with van der Waals surface area (Å²) in [6.45, 7) is 5.24. The normalized spacial score (nSPS) is 11.1. The first-order valence-electron chi connectivity index (χ1n) is 4.99. The van der Waals surface area contributed by atoms with Crippen LogP contribution in [-0.4, -0.2) is 20.0 Å². The zero-order chi connectivity index (χ0) is 10.8. The molecule has 2 aromatic heterocycles. The van der Waals surface area contributed by atoms with Gasteiger partial charge in [0.25, 0.3) is 0 Å². The standard InChI is InChI=1S/C10H15N5/c1-7(2)5-15-6-8(4-12-15)9-3-10(11)14-13-9/h3-4,6-7H,5H2,1-2H3,(H3,11,13,14). The van der Waals surface area contributed by atoms with E-state index in [1.54, 1.807) is 6.07 Å². The van der Waals surface area contributed by atoms with E-state index in [1.807, 2.05) is 17.1 Å². The predicted octanol–water partition coefficient (Wildman–Crippen LogP) is 1.51. The van der Waals surface area contributed by atoms with Crippen molar-refractivity contribution in [1.82, 2.24) is 20.0 Å². The molecule has 15 heavy (non-hydrogen) atoms. The van der Waals surface area contributed by atoms with Crippen LogP contribution in [0.4, 0.5) is 5.82 Å². The van der Waals surface area contributed by atoms with Crippen molar-refractivity contribution < 1.29 is 0 Å². The van der Waals surface area contributed by atoms with Gasteiger partial charge in [-0.3, -0.25) is 9.78 Å². The molecule has 3 N–H and O–H groups in total. The lowest BCUT2D eigenvalue weighted by Crippen LogP contribution is -2.03. The first-order chi connectivity index (χ1) is 7.15. The number of H-pyrrole nitrogens is 1. The van der Waals surface area contributed by atoms with Gasteiger partial charge in [-0.25, -0.2) is 0 Å². The van der Waals surface area contributed by atoms with Crippen molar-refractivity contribution in [3.8, 4) is 11.3 Å². The average molecular weight is 205 g/mol. The van der Waals surface area contributed by atoms with Crippen LogP contribution in [0.5, 0.6) is 0 Å². The van der Waals surface area contributed by atoms with Crippen molar-refractivity contribution in [1.29, 1.82) is 0 Å². The van der Waals surface area contributed by atoms with E-state index >= 15 is 0 Å². The molecule has 2 rings (SSSR count). The smallest absolute Gasteiger partial charge is 0.145 e. The second-order valence-corrected chi connectivity index (χ2v) is 4.05. The van der Waals surface area contributed by atoms with Crippen molar-refractivity contribution in [3.05, 3.63) is 18.5 Å². The fraction of sp³-hybridized carbons (Fsp3) is 0.400. The summed E-state index contributed by atoms with van der Waals surface area (Å²) in [7, 11) is 0. The lowest BCUT2D eigenvalue weighted by Gasteiger charge is -2.02. The minimum atomic E-state index is 0.501. The summed E-state index contributed by atoms with van der Waals surface area (Å²) in [5.74, 6) is 1.09. The molecule has 0 spiro atoms. The van der Waals surface area contributed by atoms with Crippen LogP contribution in [0.3, 0.4) is 0 Å². The number of aromatic nitrogens is 4. The summed E-state index contributed by atoms with van der Waals surface area (Å²) in [4.78, 5) is 0. The first kappa shape index (κ1) is 9.76. The van der Waals surface area contributed by atoms with Gasteiger partial charge in [-0.2, -0.15) is 10.2 Å². The molecule has 0 aromatic carbocycles. The molecule has 5 heteroatoms. The lowest BCUT2D eigenvalue weighted by atomic mass is 10.2.